The van der Waals surface area contributed by atoms with Crippen LogP contribution in [-0.4, -0.2) is 28.8 Å². The van der Waals surface area contributed by atoms with Crippen LogP contribution in [0.1, 0.15) is 44.1 Å². The Morgan fingerprint density at radius 1 is 1.42 bits per heavy atom. The molecule has 0 spiro atoms. The molecule has 1 aromatic heterocycles. The summed E-state index contributed by atoms with van der Waals surface area (Å²) >= 11 is 0. The first-order valence-corrected chi connectivity index (χ1v) is 6.10. The van der Waals surface area contributed by atoms with E-state index in [4.69, 9.17) is 9.26 Å². The first kappa shape index (κ1) is 13.4. The Labute approximate surface area is 110 Å². The molecule has 0 radical (unpaired) electrons. The van der Waals surface area contributed by atoms with Crippen LogP contribution >= 0.6 is 0 Å². The average Bonchev–Trinajstić information content (AvgIpc) is 2.93. The Morgan fingerprint density at radius 2 is 2.11 bits per heavy atom. The molecular formula is C12H17N3O4. The third-order valence-corrected chi connectivity index (χ3v) is 2.33. The highest BCUT2D eigenvalue weighted by Crippen LogP contribution is 2.21. The van der Waals surface area contributed by atoms with Crippen molar-refractivity contribution >= 4 is 17.7 Å². The van der Waals surface area contributed by atoms with Crippen molar-refractivity contribution in [3.05, 3.63) is 12.0 Å². The number of nitrogens with zero attached hydrogens (tertiary/aromatic N) is 1. The van der Waals surface area contributed by atoms with Crippen LogP contribution < -0.4 is 10.6 Å². The first-order valence-electron chi connectivity index (χ1n) is 6.10. The number of ether oxygens (including phenoxy) is 1. The van der Waals surface area contributed by atoms with Crippen molar-refractivity contribution < 1.29 is 18.8 Å². The molecule has 7 heteroatoms. The predicted octanol–water partition coefficient (Wildman–Crippen LogP) is 1.91. The lowest BCUT2D eigenvalue weighted by molar-refractivity contribution is 0.0636. The van der Waals surface area contributed by atoms with Gasteiger partial charge in [-0.15, -0.1) is 0 Å². The van der Waals surface area contributed by atoms with E-state index in [9.17, 15) is 9.59 Å². The van der Waals surface area contributed by atoms with Crippen molar-refractivity contribution in [2.24, 2.45) is 0 Å². The molecule has 1 aliphatic rings. The maximum absolute atomic E-state index is 11.8. The van der Waals surface area contributed by atoms with Crippen LogP contribution in [0.15, 0.2) is 10.8 Å². The van der Waals surface area contributed by atoms with E-state index in [1.54, 1.807) is 20.8 Å². The molecule has 104 valence electrons. The van der Waals surface area contributed by atoms with Crippen LogP contribution in [0, 0.1) is 0 Å². The predicted molar refractivity (Wildman–Crippen MR) is 66.8 cm³/mol. The standard InChI is InChI=1S/C12H17N3O4/c1-12(2,3)19-11(17)14-8-6-18-15-9(8)10(16)13-7-4-5-7/h6-7H,4-5H2,1-3H3,(H,13,16)(H,14,17). The summed E-state index contributed by atoms with van der Waals surface area (Å²) in [6, 6.07) is 0.207. The number of nitrogens with one attached hydrogen (secondary N) is 2. The molecule has 0 unspecified atom stereocenters. The van der Waals surface area contributed by atoms with Crippen molar-refractivity contribution in [2.45, 2.75) is 45.3 Å². The van der Waals surface area contributed by atoms with Gasteiger partial charge in [0.2, 0.25) is 0 Å². The van der Waals surface area contributed by atoms with Gasteiger partial charge in [0.25, 0.3) is 5.91 Å². The van der Waals surface area contributed by atoms with Crippen LogP contribution in [-0.2, 0) is 4.74 Å². The first-order chi connectivity index (χ1) is 8.85. The number of amides is 2. The number of rotatable bonds is 3. The van der Waals surface area contributed by atoms with Gasteiger partial charge in [0, 0.05) is 6.04 Å². The van der Waals surface area contributed by atoms with Gasteiger partial charge in [-0.1, -0.05) is 5.16 Å². The van der Waals surface area contributed by atoms with Gasteiger partial charge in [-0.05, 0) is 33.6 Å². The van der Waals surface area contributed by atoms with Crippen molar-refractivity contribution in [2.75, 3.05) is 5.32 Å². The summed E-state index contributed by atoms with van der Waals surface area (Å²) in [5.74, 6) is -0.359. The Bertz CT molecular complexity index is 485. The molecule has 1 aromatic rings. The monoisotopic (exact) mass is 267 g/mol. The average molecular weight is 267 g/mol. The van der Waals surface area contributed by atoms with E-state index in [0.717, 1.165) is 12.8 Å². The molecule has 0 bridgehead atoms. The SMILES string of the molecule is CC(C)(C)OC(=O)Nc1conc1C(=O)NC1CC1. The van der Waals surface area contributed by atoms with Crippen LogP contribution in [0.2, 0.25) is 0 Å². The molecule has 0 atom stereocenters. The van der Waals surface area contributed by atoms with E-state index >= 15 is 0 Å². The topological polar surface area (TPSA) is 93.5 Å². The largest absolute Gasteiger partial charge is 0.444 e. The summed E-state index contributed by atoms with van der Waals surface area (Å²) in [7, 11) is 0. The minimum atomic E-state index is -0.656. The minimum Gasteiger partial charge on any atom is -0.444 e. The lowest BCUT2D eigenvalue weighted by Gasteiger charge is -2.19. The quantitative estimate of drug-likeness (QED) is 0.872. The Hall–Kier alpha value is -2.05. The second-order valence-electron chi connectivity index (χ2n) is 5.45. The van der Waals surface area contributed by atoms with Gasteiger partial charge in [0.15, 0.2) is 5.69 Å². The Morgan fingerprint density at radius 3 is 2.68 bits per heavy atom. The molecule has 0 saturated heterocycles. The van der Waals surface area contributed by atoms with E-state index in [1.807, 2.05) is 0 Å². The van der Waals surface area contributed by atoms with Gasteiger partial charge in [-0.3, -0.25) is 10.1 Å². The molecule has 19 heavy (non-hydrogen) atoms. The highest BCUT2D eigenvalue weighted by atomic mass is 16.6. The number of anilines is 1. The zero-order valence-corrected chi connectivity index (χ0v) is 11.1. The molecule has 1 fully saturated rings. The zero-order valence-electron chi connectivity index (χ0n) is 11.1. The molecule has 1 heterocycles. The molecule has 0 aliphatic heterocycles. The second-order valence-corrected chi connectivity index (χ2v) is 5.45. The summed E-state index contributed by atoms with van der Waals surface area (Å²) in [5, 5.41) is 8.80. The van der Waals surface area contributed by atoms with E-state index in [2.05, 4.69) is 15.8 Å². The van der Waals surface area contributed by atoms with Crippen molar-refractivity contribution in [3.63, 3.8) is 0 Å². The number of hydrogen-bond donors (Lipinski definition) is 2. The third-order valence-electron chi connectivity index (χ3n) is 2.33. The van der Waals surface area contributed by atoms with Gasteiger partial charge in [-0.25, -0.2) is 4.79 Å². The fraction of sp³-hybridized carbons (Fsp3) is 0.583. The maximum Gasteiger partial charge on any atom is 0.412 e. The molecular weight excluding hydrogens is 250 g/mol. The van der Waals surface area contributed by atoms with Gasteiger partial charge in [0.05, 0.1) is 0 Å². The molecule has 2 N–H and O–H groups in total. The van der Waals surface area contributed by atoms with Gasteiger partial charge in [0.1, 0.15) is 17.6 Å². The second kappa shape index (κ2) is 4.91. The third kappa shape index (κ3) is 3.97. The molecule has 2 rings (SSSR count). The summed E-state index contributed by atoms with van der Waals surface area (Å²) in [5.41, 5.74) is -0.359. The number of aromatic nitrogens is 1. The summed E-state index contributed by atoms with van der Waals surface area (Å²) in [6.45, 7) is 5.25. The van der Waals surface area contributed by atoms with E-state index in [-0.39, 0.29) is 23.3 Å². The van der Waals surface area contributed by atoms with Crippen LogP contribution in [0.25, 0.3) is 0 Å². The van der Waals surface area contributed by atoms with E-state index in [0.29, 0.717) is 0 Å². The van der Waals surface area contributed by atoms with E-state index in [1.165, 1.54) is 6.26 Å². The smallest absolute Gasteiger partial charge is 0.412 e. The summed E-state index contributed by atoms with van der Waals surface area (Å²) in [6.07, 6.45) is 2.49. The fourth-order valence-electron chi connectivity index (χ4n) is 1.38. The van der Waals surface area contributed by atoms with Gasteiger partial charge >= 0.3 is 6.09 Å². The fourth-order valence-corrected chi connectivity index (χ4v) is 1.38. The number of hydrogen-bond acceptors (Lipinski definition) is 5. The van der Waals surface area contributed by atoms with Crippen molar-refractivity contribution in [3.8, 4) is 0 Å². The van der Waals surface area contributed by atoms with Gasteiger partial charge in [-0.2, -0.15) is 0 Å². The normalized spacial score (nSPS) is 14.9. The van der Waals surface area contributed by atoms with Crippen molar-refractivity contribution in [1.29, 1.82) is 0 Å². The van der Waals surface area contributed by atoms with Crippen LogP contribution in [0.4, 0.5) is 10.5 Å². The lowest BCUT2D eigenvalue weighted by Crippen LogP contribution is -2.29. The highest BCUT2D eigenvalue weighted by Gasteiger charge is 2.27. The minimum absolute atomic E-state index is 0.0535. The van der Waals surface area contributed by atoms with Crippen LogP contribution in [0.5, 0.6) is 0 Å². The van der Waals surface area contributed by atoms with E-state index < -0.39 is 11.7 Å². The zero-order chi connectivity index (χ0) is 14.0. The Balaban J connectivity index is 1.98. The Kier molecular flexibility index (Phi) is 3.46. The molecule has 7 nitrogen and oxygen atoms in total. The lowest BCUT2D eigenvalue weighted by atomic mass is 10.2. The molecule has 0 aromatic carbocycles. The molecule has 2 amide bonds. The van der Waals surface area contributed by atoms with Gasteiger partial charge < -0.3 is 14.6 Å². The maximum atomic E-state index is 11.8. The van der Waals surface area contributed by atoms with Crippen molar-refractivity contribution in [1.82, 2.24) is 10.5 Å². The molecule has 1 saturated carbocycles. The van der Waals surface area contributed by atoms with Crippen LogP contribution in [0.3, 0.4) is 0 Å². The summed E-state index contributed by atoms with van der Waals surface area (Å²) in [4.78, 5) is 23.4. The number of carbonyl (C=O) groups is 2. The summed E-state index contributed by atoms with van der Waals surface area (Å²) < 4.78 is 9.81. The highest BCUT2D eigenvalue weighted by molar-refractivity contribution is 6.00. The number of carbonyl (C=O) groups excluding carboxylic acids is 2. The molecule has 1 aliphatic carbocycles.